The standard InChI is InChI=1S/C14H21N5O/c1-9(2)20-14-6-13(16-8-17-14)15-7-12-10(3)18-19(5)11(12)4/h6,8-9H,7H2,1-5H3,(H,15,16,17). The number of aromatic nitrogens is 4. The van der Waals surface area contributed by atoms with Gasteiger partial charge in [-0.2, -0.15) is 5.10 Å². The van der Waals surface area contributed by atoms with Gasteiger partial charge in [0.05, 0.1) is 11.8 Å². The third-order valence-electron chi connectivity index (χ3n) is 3.10. The zero-order chi connectivity index (χ0) is 14.7. The van der Waals surface area contributed by atoms with Crippen LogP contribution in [0, 0.1) is 13.8 Å². The van der Waals surface area contributed by atoms with Gasteiger partial charge in [-0.1, -0.05) is 0 Å². The molecule has 0 amide bonds. The Bertz CT molecular complexity index is 591. The van der Waals surface area contributed by atoms with Crippen molar-refractivity contribution in [2.45, 2.75) is 40.3 Å². The first-order valence-electron chi connectivity index (χ1n) is 6.69. The third kappa shape index (κ3) is 3.26. The van der Waals surface area contributed by atoms with Crippen LogP contribution < -0.4 is 10.1 Å². The lowest BCUT2D eigenvalue weighted by Crippen LogP contribution is -2.08. The second kappa shape index (κ2) is 5.90. The molecule has 0 aliphatic heterocycles. The predicted octanol–water partition coefficient (Wildman–Crippen LogP) is 2.23. The second-order valence-electron chi connectivity index (χ2n) is 5.03. The van der Waals surface area contributed by atoms with E-state index in [0.717, 1.165) is 17.2 Å². The Morgan fingerprint density at radius 1 is 1.30 bits per heavy atom. The van der Waals surface area contributed by atoms with Crippen LogP contribution in [0.15, 0.2) is 12.4 Å². The topological polar surface area (TPSA) is 64.9 Å². The number of hydrogen-bond donors (Lipinski definition) is 1. The van der Waals surface area contributed by atoms with Crippen LogP contribution in [-0.2, 0) is 13.6 Å². The van der Waals surface area contributed by atoms with Crippen molar-refractivity contribution in [2.75, 3.05) is 5.32 Å². The normalized spacial score (nSPS) is 10.9. The molecule has 2 heterocycles. The van der Waals surface area contributed by atoms with Crippen molar-refractivity contribution in [3.05, 3.63) is 29.3 Å². The number of anilines is 1. The summed E-state index contributed by atoms with van der Waals surface area (Å²) in [5, 5.41) is 7.68. The zero-order valence-electron chi connectivity index (χ0n) is 12.6. The van der Waals surface area contributed by atoms with Crippen LogP contribution in [0.5, 0.6) is 5.88 Å². The van der Waals surface area contributed by atoms with E-state index in [-0.39, 0.29) is 6.10 Å². The molecule has 0 saturated carbocycles. The highest BCUT2D eigenvalue weighted by atomic mass is 16.5. The molecular formula is C14H21N5O. The van der Waals surface area contributed by atoms with E-state index in [1.807, 2.05) is 32.5 Å². The average molecular weight is 275 g/mol. The molecule has 20 heavy (non-hydrogen) atoms. The first-order valence-corrected chi connectivity index (χ1v) is 6.69. The number of ether oxygens (including phenoxy) is 1. The van der Waals surface area contributed by atoms with Gasteiger partial charge in [0.1, 0.15) is 12.1 Å². The van der Waals surface area contributed by atoms with Crippen molar-refractivity contribution >= 4 is 5.82 Å². The number of aryl methyl sites for hydroxylation is 2. The highest BCUT2D eigenvalue weighted by Crippen LogP contribution is 2.16. The van der Waals surface area contributed by atoms with Gasteiger partial charge in [0.25, 0.3) is 0 Å². The molecule has 108 valence electrons. The Morgan fingerprint density at radius 2 is 2.05 bits per heavy atom. The van der Waals surface area contributed by atoms with Gasteiger partial charge in [0, 0.05) is 30.9 Å². The van der Waals surface area contributed by atoms with Gasteiger partial charge in [0.15, 0.2) is 0 Å². The van der Waals surface area contributed by atoms with Crippen LogP contribution in [0.4, 0.5) is 5.82 Å². The van der Waals surface area contributed by atoms with Gasteiger partial charge < -0.3 is 10.1 Å². The summed E-state index contributed by atoms with van der Waals surface area (Å²) in [4.78, 5) is 8.28. The molecule has 2 rings (SSSR count). The minimum atomic E-state index is 0.0977. The molecule has 0 fully saturated rings. The highest BCUT2D eigenvalue weighted by molar-refractivity contribution is 5.39. The smallest absolute Gasteiger partial charge is 0.218 e. The maximum absolute atomic E-state index is 5.55. The summed E-state index contributed by atoms with van der Waals surface area (Å²) < 4.78 is 7.44. The number of rotatable bonds is 5. The van der Waals surface area contributed by atoms with Crippen LogP contribution in [0.1, 0.15) is 30.8 Å². The van der Waals surface area contributed by atoms with Crippen molar-refractivity contribution in [2.24, 2.45) is 7.05 Å². The molecule has 0 unspecified atom stereocenters. The van der Waals surface area contributed by atoms with Crippen LogP contribution in [0.3, 0.4) is 0 Å². The second-order valence-corrected chi connectivity index (χ2v) is 5.03. The fourth-order valence-corrected chi connectivity index (χ4v) is 1.99. The molecule has 2 aromatic heterocycles. The Hall–Kier alpha value is -2.11. The maximum Gasteiger partial charge on any atom is 0.218 e. The predicted molar refractivity (Wildman–Crippen MR) is 77.8 cm³/mol. The van der Waals surface area contributed by atoms with E-state index < -0.39 is 0 Å². The minimum absolute atomic E-state index is 0.0977. The van der Waals surface area contributed by atoms with E-state index in [9.17, 15) is 0 Å². The lowest BCUT2D eigenvalue weighted by atomic mass is 10.2. The largest absolute Gasteiger partial charge is 0.475 e. The molecule has 2 aromatic rings. The monoisotopic (exact) mass is 275 g/mol. The summed E-state index contributed by atoms with van der Waals surface area (Å²) in [5.74, 6) is 1.33. The van der Waals surface area contributed by atoms with Crippen molar-refractivity contribution in [3.63, 3.8) is 0 Å². The molecule has 0 bridgehead atoms. The van der Waals surface area contributed by atoms with E-state index in [0.29, 0.717) is 12.4 Å². The van der Waals surface area contributed by atoms with Gasteiger partial charge >= 0.3 is 0 Å². The Morgan fingerprint density at radius 3 is 2.65 bits per heavy atom. The van der Waals surface area contributed by atoms with E-state index in [1.54, 1.807) is 6.07 Å². The van der Waals surface area contributed by atoms with Crippen LogP contribution >= 0.6 is 0 Å². The average Bonchev–Trinajstić information content (AvgIpc) is 2.61. The third-order valence-corrected chi connectivity index (χ3v) is 3.10. The Balaban J connectivity index is 2.07. The van der Waals surface area contributed by atoms with E-state index in [4.69, 9.17) is 4.74 Å². The van der Waals surface area contributed by atoms with Gasteiger partial charge in [-0.15, -0.1) is 0 Å². The molecule has 1 N–H and O–H groups in total. The van der Waals surface area contributed by atoms with Gasteiger partial charge in [-0.3, -0.25) is 4.68 Å². The molecule has 6 nitrogen and oxygen atoms in total. The molecule has 0 atom stereocenters. The summed E-state index contributed by atoms with van der Waals surface area (Å²) in [6.07, 6.45) is 1.60. The lowest BCUT2D eigenvalue weighted by Gasteiger charge is -2.10. The van der Waals surface area contributed by atoms with E-state index in [1.165, 1.54) is 11.9 Å². The van der Waals surface area contributed by atoms with Crippen molar-refractivity contribution in [1.29, 1.82) is 0 Å². The van der Waals surface area contributed by atoms with Crippen molar-refractivity contribution < 1.29 is 4.74 Å². The quantitative estimate of drug-likeness (QED) is 0.906. The van der Waals surface area contributed by atoms with Crippen molar-refractivity contribution in [3.8, 4) is 5.88 Å². The Labute approximate surface area is 119 Å². The first-order chi connectivity index (χ1) is 9.47. The van der Waals surface area contributed by atoms with E-state index >= 15 is 0 Å². The number of nitrogens with zero attached hydrogens (tertiary/aromatic N) is 4. The molecule has 0 aromatic carbocycles. The SMILES string of the molecule is Cc1nn(C)c(C)c1CNc1cc(OC(C)C)ncn1. The summed E-state index contributed by atoms with van der Waals surface area (Å²) in [6, 6.07) is 1.81. The fraction of sp³-hybridized carbons (Fsp3) is 0.500. The molecule has 0 spiro atoms. The minimum Gasteiger partial charge on any atom is -0.475 e. The summed E-state index contributed by atoms with van der Waals surface area (Å²) in [5.41, 5.74) is 3.38. The molecule has 0 aliphatic carbocycles. The highest BCUT2D eigenvalue weighted by Gasteiger charge is 2.09. The van der Waals surface area contributed by atoms with Gasteiger partial charge in [-0.25, -0.2) is 9.97 Å². The summed E-state index contributed by atoms with van der Waals surface area (Å²) >= 11 is 0. The summed E-state index contributed by atoms with van der Waals surface area (Å²) in [7, 11) is 1.95. The van der Waals surface area contributed by atoms with E-state index in [2.05, 4.69) is 27.3 Å². The number of hydrogen-bond acceptors (Lipinski definition) is 5. The Kier molecular flexibility index (Phi) is 4.22. The number of nitrogens with one attached hydrogen (secondary N) is 1. The molecule has 0 radical (unpaired) electrons. The van der Waals surface area contributed by atoms with Crippen LogP contribution in [-0.4, -0.2) is 25.9 Å². The zero-order valence-corrected chi connectivity index (χ0v) is 12.6. The first kappa shape index (κ1) is 14.3. The maximum atomic E-state index is 5.55. The van der Waals surface area contributed by atoms with Gasteiger partial charge in [-0.05, 0) is 27.7 Å². The fourth-order valence-electron chi connectivity index (χ4n) is 1.99. The van der Waals surface area contributed by atoms with Crippen LogP contribution in [0.2, 0.25) is 0 Å². The molecule has 0 saturated heterocycles. The summed E-state index contributed by atoms with van der Waals surface area (Å²) in [6.45, 7) is 8.69. The molecule has 0 aliphatic rings. The van der Waals surface area contributed by atoms with Crippen molar-refractivity contribution in [1.82, 2.24) is 19.7 Å². The van der Waals surface area contributed by atoms with Crippen LogP contribution in [0.25, 0.3) is 0 Å². The molecular weight excluding hydrogens is 254 g/mol. The van der Waals surface area contributed by atoms with Gasteiger partial charge in [0.2, 0.25) is 5.88 Å². The lowest BCUT2D eigenvalue weighted by molar-refractivity contribution is 0.232. The molecule has 6 heteroatoms.